The SMILES string of the molecule is COc1cc2c3c(ccc4c5cc(Cl)c6c7c(c(Cl)cc(c1c34)c75)C(=O)OC6=O)C(=O)OC2=O.COc1cc2c3c(ccc4c5cc(Cl)c6c7c(c(OP)cc(c1c34)c75)C(=O)OC6=O)C(=O)OC2=O. The van der Waals surface area contributed by atoms with Crippen LogP contribution < -0.4 is 14.0 Å². The predicted molar refractivity (Wildman–Crippen MR) is 253 cm³/mol. The minimum atomic E-state index is -0.862. The van der Waals surface area contributed by atoms with Crippen molar-refractivity contribution in [1.29, 1.82) is 0 Å². The molecule has 0 N–H and O–H groups in total. The van der Waals surface area contributed by atoms with Crippen LogP contribution in [0, 0.1) is 0 Å². The van der Waals surface area contributed by atoms with Gasteiger partial charge in [0.15, 0.2) is 0 Å². The van der Waals surface area contributed by atoms with Crippen LogP contribution in [0.25, 0.3) is 86.2 Å². The number of rotatable bonds is 3. The lowest BCUT2D eigenvalue weighted by Crippen LogP contribution is -2.21. The topological polar surface area (TPSA) is 201 Å². The Balaban J connectivity index is 0.000000136. The number of halogens is 3. The second-order valence-electron chi connectivity index (χ2n) is 16.3. The van der Waals surface area contributed by atoms with Gasteiger partial charge in [0.2, 0.25) is 0 Å². The molecule has 15 nitrogen and oxygen atoms in total. The van der Waals surface area contributed by atoms with Gasteiger partial charge in [-0.1, -0.05) is 46.9 Å². The quantitative estimate of drug-likeness (QED) is 0.0404. The van der Waals surface area contributed by atoms with Gasteiger partial charge >= 0.3 is 47.8 Å². The zero-order valence-electron chi connectivity index (χ0n) is 34.6. The van der Waals surface area contributed by atoms with Crippen molar-refractivity contribution in [2.24, 2.45) is 0 Å². The van der Waals surface area contributed by atoms with Crippen LogP contribution >= 0.6 is 44.3 Å². The van der Waals surface area contributed by atoms with Crippen molar-refractivity contribution in [1.82, 2.24) is 0 Å². The van der Waals surface area contributed by atoms with Crippen molar-refractivity contribution >= 4 is 178 Å². The first-order valence-electron chi connectivity index (χ1n) is 20.3. The van der Waals surface area contributed by atoms with Gasteiger partial charge in [-0.05, 0) is 91.6 Å². The maximum atomic E-state index is 12.8. The summed E-state index contributed by atoms with van der Waals surface area (Å²) in [6.07, 6.45) is 0. The highest BCUT2D eigenvalue weighted by atomic mass is 35.5. The molecule has 0 spiro atoms. The fraction of sp³-hybridized carbons (Fsp3) is 0.0400. The lowest BCUT2D eigenvalue weighted by atomic mass is 9.83. The number of hydrogen-bond donors (Lipinski definition) is 0. The Morgan fingerprint density at radius 1 is 0.348 bits per heavy atom. The van der Waals surface area contributed by atoms with Gasteiger partial charge < -0.3 is 32.9 Å². The van der Waals surface area contributed by atoms with Crippen LogP contribution in [0.4, 0.5) is 0 Å². The van der Waals surface area contributed by atoms with Crippen molar-refractivity contribution in [3.8, 4) is 17.2 Å². The normalized spacial score (nSPS) is 14.9. The Morgan fingerprint density at radius 2 is 0.710 bits per heavy atom. The Kier molecular flexibility index (Phi) is 8.27. The largest absolute Gasteiger partial charge is 0.496 e. The van der Waals surface area contributed by atoms with Gasteiger partial charge in [0.1, 0.15) is 22.8 Å². The van der Waals surface area contributed by atoms with Crippen molar-refractivity contribution in [3.05, 3.63) is 120 Å². The molecule has 1 atom stereocenters. The van der Waals surface area contributed by atoms with E-state index in [2.05, 4.69) is 9.47 Å². The number of methoxy groups -OCH3 is 2. The van der Waals surface area contributed by atoms with Gasteiger partial charge in [-0.2, -0.15) is 0 Å². The Bertz CT molecular complexity index is 4330. The van der Waals surface area contributed by atoms with E-state index in [0.29, 0.717) is 97.7 Å². The van der Waals surface area contributed by atoms with Crippen LogP contribution in [0.5, 0.6) is 17.2 Å². The monoisotopic (exact) mass is 994 g/mol. The van der Waals surface area contributed by atoms with Crippen molar-refractivity contribution in [3.63, 3.8) is 0 Å². The highest BCUT2D eigenvalue weighted by molar-refractivity contribution is 7.10. The zero-order valence-corrected chi connectivity index (χ0v) is 38.0. The van der Waals surface area contributed by atoms with E-state index in [0.717, 1.165) is 0 Å². The smallest absolute Gasteiger partial charge is 0.350 e. The van der Waals surface area contributed by atoms with Crippen LogP contribution in [0.2, 0.25) is 15.1 Å². The van der Waals surface area contributed by atoms with E-state index in [-0.39, 0.29) is 65.3 Å². The number of carbonyl (C=O) groups excluding carboxylic acids is 8. The number of fused-ring (bicyclic) bond motifs is 4. The molecule has 4 aliphatic heterocycles. The van der Waals surface area contributed by atoms with Crippen LogP contribution in [-0.2, 0) is 18.9 Å². The van der Waals surface area contributed by atoms with Crippen LogP contribution in [0.15, 0.2) is 60.7 Å². The second kappa shape index (κ2) is 13.8. The molecule has 14 rings (SSSR count). The van der Waals surface area contributed by atoms with E-state index in [1.54, 1.807) is 48.5 Å². The van der Waals surface area contributed by atoms with Gasteiger partial charge in [0.05, 0.1) is 77.7 Å². The molecule has 4 heterocycles. The highest BCUT2D eigenvalue weighted by Crippen LogP contribution is 2.54. The third kappa shape index (κ3) is 5.06. The Labute approximate surface area is 399 Å². The molecule has 0 amide bonds. The van der Waals surface area contributed by atoms with Crippen LogP contribution in [0.3, 0.4) is 0 Å². The number of hydrogen-bond acceptors (Lipinski definition) is 15. The molecule has 0 radical (unpaired) electrons. The summed E-state index contributed by atoms with van der Waals surface area (Å²) < 4.78 is 36.4. The lowest BCUT2D eigenvalue weighted by Gasteiger charge is -2.25. The molecule has 0 saturated carbocycles. The van der Waals surface area contributed by atoms with E-state index in [9.17, 15) is 38.4 Å². The summed E-state index contributed by atoms with van der Waals surface area (Å²) in [6, 6.07) is 16.1. The molecule has 10 aromatic carbocycles. The van der Waals surface area contributed by atoms with E-state index in [4.69, 9.17) is 67.7 Å². The summed E-state index contributed by atoms with van der Waals surface area (Å²) in [4.78, 5) is 101. The maximum absolute atomic E-state index is 12.8. The molecule has 0 fully saturated rings. The molecule has 0 bridgehead atoms. The fourth-order valence-corrected chi connectivity index (χ4v) is 11.7. The van der Waals surface area contributed by atoms with E-state index < -0.39 is 47.8 Å². The van der Waals surface area contributed by atoms with Gasteiger partial charge in [-0.25, -0.2) is 38.4 Å². The first kappa shape index (κ1) is 41.3. The molecule has 334 valence electrons. The minimum absolute atomic E-state index is 0.0468. The van der Waals surface area contributed by atoms with Gasteiger partial charge in [-0.15, -0.1) is 0 Å². The lowest BCUT2D eigenvalue weighted by molar-refractivity contribution is 0.0372. The molecule has 0 aliphatic carbocycles. The number of carbonyl (C=O) groups is 8. The molecule has 19 heteroatoms. The highest BCUT2D eigenvalue weighted by Gasteiger charge is 2.39. The molecular weight excluding hydrogens is 978 g/mol. The summed E-state index contributed by atoms with van der Waals surface area (Å²) >= 11 is 19.6. The molecule has 0 aromatic heterocycles. The molecule has 4 aliphatic rings. The summed E-state index contributed by atoms with van der Waals surface area (Å²) in [5.41, 5.74) is 1.08. The predicted octanol–water partition coefficient (Wildman–Crippen LogP) is 10.9. The van der Waals surface area contributed by atoms with Gasteiger partial charge in [-0.3, -0.25) is 0 Å². The van der Waals surface area contributed by atoms with E-state index >= 15 is 0 Å². The number of esters is 8. The minimum Gasteiger partial charge on any atom is -0.496 e. The third-order valence-corrected chi connectivity index (χ3v) is 14.4. The second-order valence-corrected chi connectivity index (χ2v) is 17.7. The first-order valence-corrected chi connectivity index (χ1v) is 21.9. The molecular formula is C50H18Cl3O15P. The Morgan fingerprint density at radius 3 is 1.13 bits per heavy atom. The number of benzene rings is 10. The summed E-state index contributed by atoms with van der Waals surface area (Å²) in [6.45, 7) is 0. The summed E-state index contributed by atoms with van der Waals surface area (Å²) in [5, 5.41) is 8.85. The zero-order chi connectivity index (χ0) is 48.0. The third-order valence-electron chi connectivity index (χ3n) is 13.2. The number of cyclic esters (lactones) is 8. The van der Waals surface area contributed by atoms with Crippen LogP contribution in [0.1, 0.15) is 82.9 Å². The fourth-order valence-electron chi connectivity index (χ4n) is 10.7. The van der Waals surface area contributed by atoms with Crippen LogP contribution in [-0.4, -0.2) is 62.0 Å². The van der Waals surface area contributed by atoms with E-state index in [1.807, 2.05) is 0 Å². The van der Waals surface area contributed by atoms with Crippen molar-refractivity contribution in [2.75, 3.05) is 14.2 Å². The summed E-state index contributed by atoms with van der Waals surface area (Å²) in [7, 11) is 5.00. The first-order chi connectivity index (χ1) is 33.2. The summed E-state index contributed by atoms with van der Waals surface area (Å²) in [5.74, 6) is -5.66. The number of ether oxygens (including phenoxy) is 6. The standard InChI is InChI=1S/C25H8Cl2O7.C25H10ClO8P/c1-32-14-6-11-15-8(22(28)33-23(11)29)3-2-7-9-4-12(26)19-21-16(9)10(17(14)18(7)15)5-13(27)20(21)25(31)34-24(19)30;1-31-13-6-11-15-8(22(27)32-23(11)28)3-2-7-9-4-12(26)19-21-16(9)10(17(13)18(7)15)5-14(34-35)20(21)25(30)33-24(19)29/h2-6H,1H3;2-6H,35H2,1H3. The maximum Gasteiger partial charge on any atom is 0.350 e. The van der Waals surface area contributed by atoms with Crippen molar-refractivity contribution < 1.29 is 71.3 Å². The molecule has 0 saturated heterocycles. The molecule has 69 heavy (non-hydrogen) atoms. The van der Waals surface area contributed by atoms with Gasteiger partial charge in [0, 0.05) is 43.1 Å². The average Bonchev–Trinajstić information content (AvgIpc) is 3.31. The molecule has 10 aromatic rings. The Hall–Kier alpha value is -7.94. The average molecular weight is 996 g/mol. The van der Waals surface area contributed by atoms with Gasteiger partial charge in [0.25, 0.3) is 0 Å². The molecule has 1 unspecified atom stereocenters. The van der Waals surface area contributed by atoms with Crippen molar-refractivity contribution in [2.45, 2.75) is 0 Å². The van der Waals surface area contributed by atoms with E-state index in [1.165, 1.54) is 26.4 Å².